The third-order valence-electron chi connectivity index (χ3n) is 2.94. The Morgan fingerprint density at radius 2 is 2.11 bits per heavy atom. The second-order valence-corrected chi connectivity index (χ2v) is 4.11. The molecule has 4 heteroatoms. The van der Waals surface area contributed by atoms with E-state index in [9.17, 15) is 4.79 Å². The number of benzene rings is 1. The van der Waals surface area contributed by atoms with E-state index < -0.39 is 0 Å². The number of hydrogen-bond acceptors (Lipinski definition) is 4. The predicted molar refractivity (Wildman–Crippen MR) is 69.2 cm³/mol. The van der Waals surface area contributed by atoms with Crippen LogP contribution >= 0.6 is 0 Å². The second kappa shape index (κ2) is 5.67. The van der Waals surface area contributed by atoms with Gasteiger partial charge in [0.2, 0.25) is 0 Å². The molecule has 0 aromatic heterocycles. The van der Waals surface area contributed by atoms with Crippen molar-refractivity contribution < 1.29 is 14.3 Å². The summed E-state index contributed by atoms with van der Waals surface area (Å²) >= 11 is 0. The fourth-order valence-corrected chi connectivity index (χ4v) is 2.03. The van der Waals surface area contributed by atoms with Gasteiger partial charge in [0.05, 0.1) is 13.7 Å². The highest BCUT2D eigenvalue weighted by molar-refractivity contribution is 6.03. The Hall–Kier alpha value is -1.84. The van der Waals surface area contributed by atoms with Crippen LogP contribution in [-0.2, 0) is 9.53 Å². The van der Waals surface area contributed by atoms with E-state index in [1.54, 1.807) is 0 Å². The van der Waals surface area contributed by atoms with Crippen LogP contribution in [0.3, 0.4) is 0 Å². The van der Waals surface area contributed by atoms with E-state index >= 15 is 0 Å². The maximum atomic E-state index is 11.4. The summed E-state index contributed by atoms with van der Waals surface area (Å²) in [5, 5.41) is 0. The number of nitrogens with zero attached hydrogens (tertiary/aromatic N) is 1. The lowest BCUT2D eigenvalue weighted by molar-refractivity contribution is -0.141. The second-order valence-electron chi connectivity index (χ2n) is 4.11. The molecule has 0 radical (unpaired) electrons. The number of rotatable bonds is 4. The highest BCUT2D eigenvalue weighted by Gasteiger charge is 2.25. The Morgan fingerprint density at radius 1 is 1.39 bits per heavy atom. The molecule has 96 valence electrons. The minimum absolute atomic E-state index is 0.254. The third-order valence-corrected chi connectivity index (χ3v) is 2.94. The van der Waals surface area contributed by atoms with Crippen molar-refractivity contribution in [2.24, 2.45) is 4.99 Å². The fourth-order valence-electron chi connectivity index (χ4n) is 2.03. The molecule has 1 atom stereocenters. The molecule has 2 rings (SSSR count). The Kier molecular flexibility index (Phi) is 3.97. The van der Waals surface area contributed by atoms with Crippen LogP contribution in [0, 0.1) is 0 Å². The summed E-state index contributed by atoms with van der Waals surface area (Å²) in [5.41, 5.74) is 2.01. The summed E-state index contributed by atoms with van der Waals surface area (Å²) in [6.45, 7) is 2.61. The Morgan fingerprint density at radius 3 is 2.72 bits per heavy atom. The van der Waals surface area contributed by atoms with Crippen molar-refractivity contribution in [1.82, 2.24) is 0 Å². The summed E-state index contributed by atoms with van der Waals surface area (Å²) in [6, 6.07) is 7.46. The van der Waals surface area contributed by atoms with Crippen LogP contribution in [0.1, 0.15) is 25.3 Å². The lowest BCUT2D eigenvalue weighted by Gasteiger charge is -2.04. The zero-order valence-electron chi connectivity index (χ0n) is 10.7. The van der Waals surface area contributed by atoms with E-state index in [0.717, 1.165) is 29.9 Å². The van der Waals surface area contributed by atoms with E-state index in [-0.39, 0.29) is 12.0 Å². The topological polar surface area (TPSA) is 47.9 Å². The van der Waals surface area contributed by atoms with Crippen LogP contribution in [0.5, 0.6) is 5.75 Å². The number of aliphatic imine (C=N–C) groups is 1. The normalized spacial score (nSPS) is 18.3. The molecule has 1 aromatic carbocycles. The van der Waals surface area contributed by atoms with Crippen molar-refractivity contribution in [3.63, 3.8) is 0 Å². The lowest BCUT2D eigenvalue weighted by atomic mass is 10.1. The number of hydrogen-bond donors (Lipinski definition) is 0. The Bertz CT molecular complexity index is 451. The molecule has 0 N–H and O–H groups in total. The van der Waals surface area contributed by atoms with Gasteiger partial charge in [-0.2, -0.15) is 0 Å². The predicted octanol–water partition coefficient (Wildman–Crippen LogP) is 2.21. The number of methoxy groups -OCH3 is 1. The molecule has 0 saturated heterocycles. The minimum Gasteiger partial charge on any atom is -0.494 e. The molecule has 1 aromatic rings. The molecule has 4 nitrogen and oxygen atoms in total. The zero-order chi connectivity index (χ0) is 13.0. The van der Waals surface area contributed by atoms with Gasteiger partial charge in [-0.15, -0.1) is 0 Å². The zero-order valence-corrected chi connectivity index (χ0v) is 10.7. The van der Waals surface area contributed by atoms with Gasteiger partial charge < -0.3 is 9.47 Å². The fraction of sp³-hybridized carbons (Fsp3) is 0.429. The van der Waals surface area contributed by atoms with E-state index in [1.165, 1.54) is 7.11 Å². The summed E-state index contributed by atoms with van der Waals surface area (Å²) in [6.07, 6.45) is 1.54. The first-order valence-electron chi connectivity index (χ1n) is 6.12. The van der Waals surface area contributed by atoms with E-state index in [2.05, 4.69) is 4.99 Å². The highest BCUT2D eigenvalue weighted by Crippen LogP contribution is 2.21. The van der Waals surface area contributed by atoms with Crippen LogP contribution < -0.4 is 4.74 Å². The molecule has 0 fully saturated rings. The number of carbonyl (C=O) groups excluding carboxylic acids is 1. The first-order valence-corrected chi connectivity index (χ1v) is 6.12. The first kappa shape index (κ1) is 12.6. The maximum absolute atomic E-state index is 11.4. The van der Waals surface area contributed by atoms with Crippen molar-refractivity contribution >= 4 is 11.7 Å². The smallest absolute Gasteiger partial charge is 0.330 e. The van der Waals surface area contributed by atoms with Crippen LogP contribution in [0.15, 0.2) is 29.3 Å². The molecule has 1 aliphatic rings. The Labute approximate surface area is 107 Å². The van der Waals surface area contributed by atoms with Gasteiger partial charge in [0.25, 0.3) is 0 Å². The molecule has 0 unspecified atom stereocenters. The van der Waals surface area contributed by atoms with E-state index in [1.807, 2.05) is 31.2 Å². The van der Waals surface area contributed by atoms with Gasteiger partial charge in [-0.1, -0.05) is 0 Å². The number of carbonyl (C=O) groups is 1. The average molecular weight is 247 g/mol. The maximum Gasteiger partial charge on any atom is 0.330 e. The molecule has 0 aliphatic carbocycles. The average Bonchev–Trinajstić information content (AvgIpc) is 2.89. The molecule has 1 heterocycles. The number of esters is 1. The monoisotopic (exact) mass is 247 g/mol. The molecule has 0 spiro atoms. The van der Waals surface area contributed by atoms with Crippen molar-refractivity contribution in [3.8, 4) is 5.75 Å². The minimum atomic E-state index is -0.337. The van der Waals surface area contributed by atoms with Gasteiger partial charge in [-0.3, -0.25) is 4.99 Å². The summed E-state index contributed by atoms with van der Waals surface area (Å²) in [5.74, 6) is 0.598. The quantitative estimate of drug-likeness (QED) is 0.766. The molecule has 1 aliphatic heterocycles. The largest absolute Gasteiger partial charge is 0.494 e. The molecule has 18 heavy (non-hydrogen) atoms. The van der Waals surface area contributed by atoms with Crippen LogP contribution in [0.2, 0.25) is 0 Å². The molecule has 0 saturated carbocycles. The SMILES string of the molecule is CCOc1ccc(C2=N[C@H](C(=O)OC)CC2)cc1. The van der Waals surface area contributed by atoms with Gasteiger partial charge in [-0.25, -0.2) is 4.79 Å². The first-order chi connectivity index (χ1) is 8.74. The van der Waals surface area contributed by atoms with Gasteiger partial charge in [0.15, 0.2) is 0 Å². The molecular formula is C14H17NO3. The third kappa shape index (κ3) is 2.70. The Balaban J connectivity index is 2.10. The molecule has 0 amide bonds. The van der Waals surface area contributed by atoms with Crippen molar-refractivity contribution in [3.05, 3.63) is 29.8 Å². The van der Waals surface area contributed by atoms with Crippen molar-refractivity contribution in [1.29, 1.82) is 0 Å². The van der Waals surface area contributed by atoms with Crippen LogP contribution in [0.25, 0.3) is 0 Å². The standard InChI is InChI=1S/C14H17NO3/c1-3-18-11-6-4-10(5-7-11)12-8-9-13(15-12)14(16)17-2/h4-7,13H,3,8-9H2,1-2H3/t13-/m0/s1. The van der Waals surface area contributed by atoms with E-state index in [0.29, 0.717) is 6.61 Å². The highest BCUT2D eigenvalue weighted by atomic mass is 16.5. The molecule has 0 bridgehead atoms. The van der Waals surface area contributed by atoms with Gasteiger partial charge >= 0.3 is 5.97 Å². The van der Waals surface area contributed by atoms with Gasteiger partial charge in [-0.05, 0) is 49.6 Å². The van der Waals surface area contributed by atoms with Crippen molar-refractivity contribution in [2.75, 3.05) is 13.7 Å². The number of ether oxygens (including phenoxy) is 2. The van der Waals surface area contributed by atoms with Gasteiger partial charge in [0.1, 0.15) is 11.8 Å². The molecular weight excluding hydrogens is 230 g/mol. The summed E-state index contributed by atoms with van der Waals surface area (Å²) in [7, 11) is 1.40. The summed E-state index contributed by atoms with van der Waals surface area (Å²) < 4.78 is 10.1. The van der Waals surface area contributed by atoms with Crippen molar-refractivity contribution in [2.45, 2.75) is 25.8 Å². The van der Waals surface area contributed by atoms with Crippen LogP contribution in [0.4, 0.5) is 0 Å². The lowest BCUT2D eigenvalue weighted by Crippen LogP contribution is -2.16. The summed E-state index contributed by atoms with van der Waals surface area (Å²) in [4.78, 5) is 15.8. The van der Waals surface area contributed by atoms with Gasteiger partial charge in [0, 0.05) is 5.71 Å². The van der Waals surface area contributed by atoms with E-state index in [4.69, 9.17) is 9.47 Å². The van der Waals surface area contributed by atoms with Crippen LogP contribution in [-0.4, -0.2) is 31.4 Å².